The Morgan fingerprint density at radius 2 is 1.62 bits per heavy atom. The van der Waals surface area contributed by atoms with E-state index in [2.05, 4.69) is 110 Å². The van der Waals surface area contributed by atoms with Crippen LogP contribution in [0.2, 0.25) is 21.6 Å². The van der Waals surface area contributed by atoms with Crippen molar-refractivity contribution in [2.24, 2.45) is 10.4 Å². The number of rotatable bonds is 13. The molecule has 4 aromatic rings. The largest absolute Gasteiger partial charge is 0.542 e. The summed E-state index contributed by atoms with van der Waals surface area (Å²) >= 11 is 6.80. The number of pyridine rings is 1. The van der Waals surface area contributed by atoms with E-state index in [0.717, 1.165) is 72.2 Å². The van der Waals surface area contributed by atoms with Gasteiger partial charge in [0.2, 0.25) is 5.95 Å². The molecule has 2 amide bonds. The molecule has 0 unspecified atom stereocenters. The summed E-state index contributed by atoms with van der Waals surface area (Å²) in [6, 6.07) is 17.3. The summed E-state index contributed by atoms with van der Waals surface area (Å²) in [7, 11) is -0.516. The third-order valence-electron chi connectivity index (χ3n) is 11.8. The number of urea groups is 1. The molecule has 0 spiro atoms. The van der Waals surface area contributed by atoms with Crippen molar-refractivity contribution in [1.82, 2.24) is 25.2 Å². The highest BCUT2D eigenvalue weighted by Gasteiger charge is 2.47. The lowest BCUT2D eigenvalue weighted by molar-refractivity contribution is 0.171. The van der Waals surface area contributed by atoms with E-state index in [9.17, 15) is 4.79 Å². The molecule has 3 N–H and O–H groups in total. The average Bonchev–Trinajstić information content (AvgIpc) is 3.60. The molecule has 0 radical (unpaired) electrons. The van der Waals surface area contributed by atoms with Crippen molar-refractivity contribution >= 4 is 48.9 Å². The van der Waals surface area contributed by atoms with Crippen molar-refractivity contribution in [2.45, 2.75) is 123 Å². The number of carbonyl (C=O) groups is 1. The van der Waals surface area contributed by atoms with Gasteiger partial charge in [-0.1, -0.05) is 98.2 Å². The maximum absolute atomic E-state index is 14.0. The predicted molar refractivity (Wildman–Crippen MR) is 240 cm³/mol. The number of aliphatic imine (C=N–C) groups is 1. The highest BCUT2D eigenvalue weighted by atomic mass is 35.5. The molecule has 0 saturated carbocycles. The minimum atomic E-state index is -2.29. The zero-order chi connectivity index (χ0) is 41.8. The Kier molecular flexibility index (Phi) is 13.5. The average molecular weight is 828 g/mol. The van der Waals surface area contributed by atoms with Crippen molar-refractivity contribution in [3.63, 3.8) is 0 Å². The molecule has 2 atom stereocenters. The number of anilines is 2. The maximum atomic E-state index is 14.0. The van der Waals surface area contributed by atoms with E-state index in [-0.39, 0.29) is 23.6 Å². The van der Waals surface area contributed by atoms with Gasteiger partial charge in [-0.25, -0.2) is 4.79 Å². The van der Waals surface area contributed by atoms with Crippen LogP contribution in [0.5, 0.6) is 11.5 Å². The number of nitrogens with one attached hydrogen (secondary N) is 3. The van der Waals surface area contributed by atoms with Crippen LogP contribution >= 0.6 is 11.6 Å². The van der Waals surface area contributed by atoms with Gasteiger partial charge >= 0.3 is 6.03 Å². The standard InChI is InChI=1S/C45H63ClN8O3Si/c1-29(2)58(30(3)4,31(5)6)57-39-26-32(18-20-36(39)46)48-41(27-40(47-10)45(7,8)9)50-43(55)49-37-21-22-38(35-17-13-12-16-34(35)37)56-33-19-23-42-51-52-44(54(42)28-33)53-24-14-11-15-25-53/h12-13,16-20,23,26-31,37-38,48H,11,14-15,21-22,24-25H2,1-10H3,(H2,49,50,55)/b41-27+,47-40+/t37-,38+/m0/s1. The predicted octanol–water partition coefficient (Wildman–Crippen LogP) is 11.3. The van der Waals surface area contributed by atoms with Crippen molar-refractivity contribution in [2.75, 3.05) is 30.4 Å². The number of halogens is 1. The summed E-state index contributed by atoms with van der Waals surface area (Å²) in [5, 5.41) is 19.3. The Balaban J connectivity index is 1.21. The van der Waals surface area contributed by atoms with E-state index in [1.54, 1.807) is 7.05 Å². The number of nitrogens with zero attached hydrogens (tertiary/aromatic N) is 5. The van der Waals surface area contributed by atoms with Gasteiger partial charge in [0, 0.05) is 49.1 Å². The van der Waals surface area contributed by atoms with Crippen LogP contribution in [0.3, 0.4) is 0 Å². The van der Waals surface area contributed by atoms with Gasteiger partial charge in [0.15, 0.2) is 5.65 Å². The minimum absolute atomic E-state index is 0.179. The molecule has 11 nitrogen and oxygen atoms in total. The molecule has 312 valence electrons. The maximum Gasteiger partial charge on any atom is 0.320 e. The lowest BCUT2D eigenvalue weighted by Gasteiger charge is -2.42. The molecule has 58 heavy (non-hydrogen) atoms. The van der Waals surface area contributed by atoms with E-state index in [4.69, 9.17) is 20.8 Å². The lowest BCUT2D eigenvalue weighted by Crippen LogP contribution is -2.50. The lowest BCUT2D eigenvalue weighted by atomic mass is 9.85. The van der Waals surface area contributed by atoms with Crippen LogP contribution in [0.4, 0.5) is 16.4 Å². The van der Waals surface area contributed by atoms with Crippen molar-refractivity contribution in [3.8, 4) is 11.5 Å². The Morgan fingerprint density at radius 1 is 0.931 bits per heavy atom. The molecule has 1 saturated heterocycles. The van der Waals surface area contributed by atoms with Gasteiger partial charge in [0.1, 0.15) is 23.4 Å². The number of hydrogen-bond acceptors (Lipinski definition) is 8. The van der Waals surface area contributed by atoms with E-state index in [1.807, 2.05) is 59.1 Å². The molecule has 2 aromatic carbocycles. The fourth-order valence-corrected chi connectivity index (χ4v) is 14.4. The number of hydrogen-bond donors (Lipinski definition) is 3. The third-order valence-corrected chi connectivity index (χ3v) is 18.1. The molecule has 1 aliphatic heterocycles. The Hall–Kier alpha value is -4.55. The quantitative estimate of drug-likeness (QED) is 0.0907. The number of piperidine rings is 1. The first-order valence-electron chi connectivity index (χ1n) is 21.0. The summed E-state index contributed by atoms with van der Waals surface area (Å²) < 4.78 is 15.7. The van der Waals surface area contributed by atoms with Gasteiger partial charge in [-0.3, -0.25) is 14.7 Å². The van der Waals surface area contributed by atoms with Gasteiger partial charge in [-0.15, -0.1) is 10.2 Å². The first kappa shape index (κ1) is 43.0. The van der Waals surface area contributed by atoms with Crippen LogP contribution in [-0.4, -0.2) is 54.8 Å². The summed E-state index contributed by atoms with van der Waals surface area (Å²) in [6.07, 6.45) is 8.70. The molecule has 6 rings (SSSR count). The second-order valence-corrected chi connectivity index (χ2v) is 23.5. The monoisotopic (exact) mass is 826 g/mol. The summed E-state index contributed by atoms with van der Waals surface area (Å²) in [4.78, 5) is 20.9. The highest BCUT2D eigenvalue weighted by molar-refractivity contribution is 6.78. The number of ether oxygens (including phenoxy) is 1. The minimum Gasteiger partial charge on any atom is -0.542 e. The first-order chi connectivity index (χ1) is 27.6. The molecule has 3 heterocycles. The van der Waals surface area contributed by atoms with Crippen molar-refractivity contribution < 1.29 is 14.0 Å². The smallest absolute Gasteiger partial charge is 0.320 e. The van der Waals surface area contributed by atoms with Crippen LogP contribution in [-0.2, 0) is 0 Å². The van der Waals surface area contributed by atoms with Crippen LogP contribution in [0.15, 0.2) is 77.7 Å². The molecule has 2 aliphatic rings. The topological polar surface area (TPSA) is 117 Å². The molecule has 1 fully saturated rings. The van der Waals surface area contributed by atoms with Crippen LogP contribution < -0.4 is 30.0 Å². The third kappa shape index (κ3) is 9.49. The van der Waals surface area contributed by atoms with E-state index < -0.39 is 8.32 Å². The van der Waals surface area contributed by atoms with Crippen LogP contribution in [0.25, 0.3) is 5.65 Å². The molecule has 13 heteroatoms. The zero-order valence-corrected chi connectivity index (χ0v) is 37.8. The highest BCUT2D eigenvalue weighted by Crippen LogP contribution is 2.45. The van der Waals surface area contributed by atoms with Gasteiger partial charge < -0.3 is 24.7 Å². The summed E-state index contributed by atoms with van der Waals surface area (Å²) in [6.45, 7) is 21.8. The van der Waals surface area contributed by atoms with Crippen molar-refractivity contribution in [3.05, 3.63) is 88.8 Å². The van der Waals surface area contributed by atoms with Gasteiger partial charge in [-0.2, -0.15) is 0 Å². The number of aromatic nitrogens is 3. The second kappa shape index (κ2) is 18.2. The number of amides is 2. The van der Waals surface area contributed by atoms with Gasteiger partial charge in [-0.05, 0) is 84.1 Å². The first-order valence-corrected chi connectivity index (χ1v) is 23.5. The molecule has 2 aromatic heterocycles. The number of fused-ring (bicyclic) bond motifs is 2. The van der Waals surface area contributed by atoms with E-state index >= 15 is 0 Å². The molecule has 0 bridgehead atoms. The summed E-state index contributed by atoms with van der Waals surface area (Å²) in [5.74, 6) is 2.75. The Bertz CT molecular complexity index is 2100. The Labute approximate surface area is 351 Å². The van der Waals surface area contributed by atoms with Crippen molar-refractivity contribution in [1.29, 1.82) is 0 Å². The zero-order valence-electron chi connectivity index (χ0n) is 36.0. The van der Waals surface area contributed by atoms with Gasteiger partial charge in [0.05, 0.1) is 17.3 Å². The number of benzene rings is 2. The van der Waals surface area contributed by atoms with Crippen LogP contribution in [0, 0.1) is 5.41 Å². The summed E-state index contributed by atoms with van der Waals surface area (Å²) in [5.41, 5.74) is 5.32. The second-order valence-electron chi connectivity index (χ2n) is 17.7. The molecule has 1 aliphatic carbocycles. The van der Waals surface area contributed by atoms with Gasteiger partial charge in [0.25, 0.3) is 8.32 Å². The van der Waals surface area contributed by atoms with E-state index in [1.165, 1.54) is 6.42 Å². The SMILES string of the molecule is C/N=C(\C=C(\NC(=O)N[C@H]1CC[C@@H](Oc2ccc3nnc(N4CCCCC4)n3c2)c2ccccc21)Nc1ccc(Cl)c(O[Si](C(C)C)(C(C)C)C(C)C)c1)C(C)(C)C. The number of allylic oxidation sites excluding steroid dienone is 1. The Morgan fingerprint density at radius 3 is 2.28 bits per heavy atom. The van der Waals surface area contributed by atoms with Crippen LogP contribution in [0.1, 0.15) is 118 Å². The van der Waals surface area contributed by atoms with E-state index in [0.29, 0.717) is 39.6 Å². The normalized spacial score (nSPS) is 18.1. The molecular formula is C45H63ClN8O3Si. The number of carbonyl (C=O) groups excluding carboxylic acids is 1. The molecular weight excluding hydrogens is 764 g/mol. The fourth-order valence-electron chi connectivity index (χ4n) is 8.96. The fraction of sp³-hybridized carbons (Fsp3) is 0.511.